The van der Waals surface area contributed by atoms with Crippen molar-refractivity contribution in [3.05, 3.63) is 65.4 Å². The summed E-state index contributed by atoms with van der Waals surface area (Å²) in [5.41, 5.74) is 2.27. The molecule has 174 valence electrons. The fraction of sp³-hybridized carbons (Fsp3) is 0.400. The minimum atomic E-state index is -3.55. The third-order valence-corrected chi connectivity index (χ3v) is 8.05. The predicted octanol–water partition coefficient (Wildman–Crippen LogP) is 3.61. The molecular weight excluding hydrogens is 438 g/mol. The summed E-state index contributed by atoms with van der Waals surface area (Å²) in [4.78, 5) is 29.2. The lowest BCUT2D eigenvalue weighted by molar-refractivity contribution is -0.116. The molecule has 0 spiro atoms. The van der Waals surface area contributed by atoms with Crippen molar-refractivity contribution in [2.45, 2.75) is 44.9 Å². The molecule has 1 aromatic carbocycles. The molecule has 1 fully saturated rings. The number of allylic oxidation sites excluding steroid dienone is 3. The van der Waals surface area contributed by atoms with Crippen LogP contribution in [0.2, 0.25) is 0 Å². The number of rotatable bonds is 3. The van der Waals surface area contributed by atoms with Crippen LogP contribution in [0.5, 0.6) is 0 Å². The van der Waals surface area contributed by atoms with Gasteiger partial charge in [-0.1, -0.05) is 33.3 Å². The number of nitrogens with zero attached hydrogens (tertiary/aromatic N) is 2. The van der Waals surface area contributed by atoms with E-state index < -0.39 is 15.9 Å². The summed E-state index contributed by atoms with van der Waals surface area (Å²) >= 11 is 0. The van der Waals surface area contributed by atoms with E-state index in [1.165, 1.54) is 28.6 Å². The van der Waals surface area contributed by atoms with Crippen molar-refractivity contribution >= 4 is 27.5 Å². The van der Waals surface area contributed by atoms with Gasteiger partial charge in [-0.25, -0.2) is 13.4 Å². The third kappa shape index (κ3) is 4.91. The molecular formula is C25H29N3O4S. The van der Waals surface area contributed by atoms with Gasteiger partial charge in [0.25, 0.3) is 5.91 Å². The molecule has 0 bridgehead atoms. The highest BCUT2D eigenvalue weighted by Gasteiger charge is 2.33. The number of piperidine rings is 1. The molecule has 1 atom stereocenters. The maximum Gasteiger partial charge on any atom is 0.277 e. The lowest BCUT2D eigenvalue weighted by atomic mass is 9.74. The average molecular weight is 468 g/mol. The van der Waals surface area contributed by atoms with Gasteiger partial charge in [-0.2, -0.15) is 4.31 Å². The molecule has 0 saturated carbocycles. The van der Waals surface area contributed by atoms with E-state index in [2.05, 4.69) is 31.1 Å². The van der Waals surface area contributed by atoms with Gasteiger partial charge in [-0.3, -0.25) is 9.59 Å². The number of sulfonamides is 1. The van der Waals surface area contributed by atoms with Gasteiger partial charge in [0.15, 0.2) is 0 Å². The average Bonchev–Trinajstić information content (AvgIpc) is 2.78. The lowest BCUT2D eigenvalue weighted by Gasteiger charge is -2.34. The number of hydrogen-bond acceptors (Lipinski definition) is 4. The van der Waals surface area contributed by atoms with Gasteiger partial charge in [0.05, 0.1) is 10.6 Å². The zero-order valence-corrected chi connectivity index (χ0v) is 20.0. The normalized spacial score (nSPS) is 22.9. The van der Waals surface area contributed by atoms with Crippen molar-refractivity contribution in [2.24, 2.45) is 16.3 Å². The van der Waals surface area contributed by atoms with Crippen LogP contribution >= 0.6 is 0 Å². The molecule has 1 unspecified atom stereocenters. The van der Waals surface area contributed by atoms with E-state index in [1.807, 2.05) is 6.08 Å². The van der Waals surface area contributed by atoms with Crippen molar-refractivity contribution < 1.29 is 18.0 Å². The predicted molar refractivity (Wildman–Crippen MR) is 127 cm³/mol. The highest BCUT2D eigenvalue weighted by atomic mass is 32.2. The van der Waals surface area contributed by atoms with Crippen molar-refractivity contribution in [1.29, 1.82) is 0 Å². The Morgan fingerprint density at radius 3 is 2.36 bits per heavy atom. The molecule has 8 heteroatoms. The molecule has 2 aliphatic heterocycles. The fourth-order valence-corrected chi connectivity index (χ4v) is 5.87. The van der Waals surface area contributed by atoms with Gasteiger partial charge in [0.1, 0.15) is 0 Å². The molecule has 1 aliphatic carbocycles. The highest BCUT2D eigenvalue weighted by molar-refractivity contribution is 7.89. The fourth-order valence-electron chi connectivity index (χ4n) is 4.35. The number of carbonyl (C=O) groups is 2. The van der Waals surface area contributed by atoms with Crippen molar-refractivity contribution in [2.75, 3.05) is 13.1 Å². The first kappa shape index (κ1) is 23.3. The molecule has 2 heterocycles. The molecule has 1 saturated heterocycles. The second kappa shape index (κ2) is 8.83. The standard InChI is InChI=1S/C25H29N3O4S/c1-25(2,3)21-16-23(29)27-22-15-18(9-12-20(21)22)26-24(30)17-7-10-19(11-8-17)33(31,32)28-13-5-4-6-14-28/h7-12,15-16,20H,4-6,13-14H2,1-3H3,(H,27,29). The zero-order chi connectivity index (χ0) is 23.8. The molecule has 2 amide bonds. The number of nitrogens with one attached hydrogen (secondary N) is 1. The van der Waals surface area contributed by atoms with Crippen LogP contribution < -0.4 is 5.32 Å². The van der Waals surface area contributed by atoms with Crippen LogP contribution in [0.4, 0.5) is 0 Å². The van der Waals surface area contributed by atoms with Gasteiger partial charge >= 0.3 is 0 Å². The number of fused-ring (bicyclic) bond motifs is 1. The Balaban J connectivity index is 1.52. The number of aliphatic imine (C=N–C) groups is 1. The van der Waals surface area contributed by atoms with Crippen LogP contribution in [0.15, 0.2) is 69.7 Å². The van der Waals surface area contributed by atoms with Crippen LogP contribution in [0.1, 0.15) is 50.4 Å². The Morgan fingerprint density at radius 2 is 1.73 bits per heavy atom. The van der Waals surface area contributed by atoms with Crippen molar-refractivity contribution in [3.8, 4) is 0 Å². The molecule has 0 aromatic heterocycles. The Hall–Kier alpha value is -2.84. The Morgan fingerprint density at radius 1 is 1.06 bits per heavy atom. The summed E-state index contributed by atoms with van der Waals surface area (Å²) in [5, 5.41) is 2.85. The number of carbonyl (C=O) groups excluding carboxylic acids is 2. The van der Waals surface area contributed by atoms with Crippen molar-refractivity contribution in [1.82, 2.24) is 9.62 Å². The molecule has 7 nitrogen and oxygen atoms in total. The second-order valence-electron chi connectivity index (χ2n) is 9.61. The first-order valence-electron chi connectivity index (χ1n) is 11.2. The van der Waals surface area contributed by atoms with Crippen LogP contribution in [0, 0.1) is 11.3 Å². The second-order valence-corrected chi connectivity index (χ2v) is 11.5. The van der Waals surface area contributed by atoms with Gasteiger partial charge in [0.2, 0.25) is 15.9 Å². The van der Waals surface area contributed by atoms with Crippen LogP contribution in [0.25, 0.3) is 0 Å². The maximum atomic E-state index is 12.8. The van der Waals surface area contributed by atoms with Gasteiger partial charge < -0.3 is 5.32 Å². The minimum Gasteiger partial charge on any atom is -0.325 e. The van der Waals surface area contributed by atoms with Crippen LogP contribution in [-0.2, 0) is 14.8 Å². The van der Waals surface area contributed by atoms with E-state index in [1.54, 1.807) is 18.2 Å². The van der Waals surface area contributed by atoms with Crippen molar-refractivity contribution in [3.63, 3.8) is 0 Å². The largest absolute Gasteiger partial charge is 0.325 e. The van der Waals surface area contributed by atoms with E-state index >= 15 is 0 Å². The quantitative estimate of drug-likeness (QED) is 0.734. The van der Waals surface area contributed by atoms with Crippen LogP contribution in [0.3, 0.4) is 0 Å². The Bertz CT molecular complexity index is 1190. The minimum absolute atomic E-state index is 0.0592. The Kier molecular flexibility index (Phi) is 6.24. The molecule has 1 aromatic rings. The van der Waals surface area contributed by atoms with Gasteiger partial charge in [0, 0.05) is 36.3 Å². The summed E-state index contributed by atoms with van der Waals surface area (Å²) in [7, 11) is -3.55. The summed E-state index contributed by atoms with van der Waals surface area (Å²) in [6.45, 7) is 7.24. The summed E-state index contributed by atoms with van der Waals surface area (Å²) in [5.74, 6) is -0.717. The number of amides is 2. The summed E-state index contributed by atoms with van der Waals surface area (Å²) in [6, 6.07) is 5.91. The zero-order valence-electron chi connectivity index (χ0n) is 19.2. The summed E-state index contributed by atoms with van der Waals surface area (Å²) in [6.07, 6.45) is 9.84. The van der Waals surface area contributed by atoms with E-state index in [4.69, 9.17) is 0 Å². The smallest absolute Gasteiger partial charge is 0.277 e. The third-order valence-electron chi connectivity index (χ3n) is 6.14. The van der Waals surface area contributed by atoms with Gasteiger partial charge in [-0.05, 0) is 60.2 Å². The molecule has 3 aliphatic rings. The number of hydrogen-bond donors (Lipinski definition) is 1. The molecule has 33 heavy (non-hydrogen) atoms. The van der Waals surface area contributed by atoms with E-state index in [9.17, 15) is 18.0 Å². The van der Waals surface area contributed by atoms with Gasteiger partial charge in [-0.15, -0.1) is 0 Å². The number of benzene rings is 1. The SMILES string of the molecule is CC(C)(C)C1=CC(=O)NC2=CC(=NC(=O)c3ccc(S(=O)(=O)N4CCCCC4)cc3)C=CC21. The first-order valence-corrected chi connectivity index (χ1v) is 12.7. The summed E-state index contributed by atoms with van der Waals surface area (Å²) < 4.78 is 27.1. The molecule has 4 rings (SSSR count). The van der Waals surface area contributed by atoms with Crippen LogP contribution in [-0.4, -0.2) is 43.3 Å². The van der Waals surface area contributed by atoms with E-state index in [0.717, 1.165) is 24.8 Å². The molecule has 0 radical (unpaired) electrons. The topological polar surface area (TPSA) is 95.9 Å². The maximum absolute atomic E-state index is 12.8. The molecule has 1 N–H and O–H groups in total. The lowest BCUT2D eigenvalue weighted by Crippen LogP contribution is -2.36. The first-order chi connectivity index (χ1) is 15.6. The monoisotopic (exact) mass is 467 g/mol. The Labute approximate surface area is 195 Å². The van der Waals surface area contributed by atoms with E-state index in [0.29, 0.717) is 30.1 Å². The highest BCUT2D eigenvalue weighted by Crippen LogP contribution is 2.38. The van der Waals surface area contributed by atoms with E-state index in [-0.39, 0.29) is 22.1 Å².